The van der Waals surface area contributed by atoms with Crippen LogP contribution >= 0.6 is 23.1 Å². The number of benzene rings is 3. The average molecular weight is 632 g/mol. The number of ketones is 1. The van der Waals surface area contributed by atoms with Crippen molar-refractivity contribution in [2.75, 3.05) is 11.5 Å². The predicted octanol–water partition coefficient (Wildman–Crippen LogP) is 7.10. The molecule has 2 aliphatic rings. The van der Waals surface area contributed by atoms with E-state index in [1.54, 1.807) is 48.5 Å². The van der Waals surface area contributed by atoms with E-state index in [0.717, 1.165) is 29.7 Å². The zero-order valence-corrected chi connectivity index (χ0v) is 25.8. The van der Waals surface area contributed by atoms with Crippen molar-refractivity contribution in [3.8, 4) is 11.5 Å². The molecule has 1 amide bonds. The first-order valence-corrected chi connectivity index (χ1v) is 16.2. The number of aromatic nitrogens is 2. The minimum atomic E-state index is -0.962. The van der Waals surface area contributed by atoms with Crippen molar-refractivity contribution in [1.29, 1.82) is 0 Å². The molecule has 6 rings (SSSR count). The van der Waals surface area contributed by atoms with Gasteiger partial charge in [-0.3, -0.25) is 14.5 Å². The van der Waals surface area contributed by atoms with E-state index in [2.05, 4.69) is 17.1 Å². The molecule has 0 aliphatic carbocycles. The van der Waals surface area contributed by atoms with Crippen molar-refractivity contribution in [2.45, 2.75) is 55.3 Å². The molecular formula is C33H30FN3O5S2. The van der Waals surface area contributed by atoms with Gasteiger partial charge in [0.25, 0.3) is 5.78 Å². The average Bonchev–Trinajstić information content (AvgIpc) is 3.71. The summed E-state index contributed by atoms with van der Waals surface area (Å²) < 4.78 is 25.6. The maximum Gasteiger partial charge on any atom is 0.301 e. The second-order valence-electron chi connectivity index (χ2n) is 10.7. The molecule has 0 bridgehead atoms. The molecule has 3 aromatic carbocycles. The smallest absolute Gasteiger partial charge is 0.301 e. The number of hydrogen-bond donors (Lipinski definition) is 1. The van der Waals surface area contributed by atoms with Gasteiger partial charge in [-0.15, -0.1) is 10.2 Å². The molecule has 0 radical (unpaired) electrons. The maximum atomic E-state index is 13.7. The second kappa shape index (κ2) is 12.8. The number of Topliss-reactive ketones (excluding diaryl/α,β-unsaturated/α-hetero) is 1. The van der Waals surface area contributed by atoms with E-state index >= 15 is 0 Å². The Hall–Kier alpha value is -4.22. The molecule has 0 spiro atoms. The summed E-state index contributed by atoms with van der Waals surface area (Å²) in [5, 5.41) is 20.4. The van der Waals surface area contributed by atoms with Gasteiger partial charge in [0.1, 0.15) is 29.2 Å². The molecule has 8 nitrogen and oxygen atoms in total. The summed E-state index contributed by atoms with van der Waals surface area (Å²) in [5.41, 5.74) is 2.80. The zero-order chi connectivity index (χ0) is 30.8. The lowest BCUT2D eigenvalue weighted by Crippen LogP contribution is -2.29. The Kier molecular flexibility index (Phi) is 8.67. The monoisotopic (exact) mass is 631 g/mol. The number of rotatable bonds is 10. The normalized spacial score (nSPS) is 18.8. The molecule has 4 aromatic rings. The molecule has 0 saturated carbocycles. The molecule has 1 N–H and O–H groups in total. The van der Waals surface area contributed by atoms with E-state index in [9.17, 15) is 19.1 Å². The number of thioether (sulfide) groups is 1. The summed E-state index contributed by atoms with van der Waals surface area (Å²) in [6, 6.07) is 17.7. The first kappa shape index (κ1) is 29.8. The van der Waals surface area contributed by atoms with Crippen LogP contribution in [-0.4, -0.2) is 39.7 Å². The van der Waals surface area contributed by atoms with Crippen LogP contribution in [0.5, 0.6) is 11.5 Å². The van der Waals surface area contributed by atoms with E-state index in [-0.39, 0.29) is 28.4 Å². The highest BCUT2D eigenvalue weighted by Crippen LogP contribution is 2.45. The molecule has 44 heavy (non-hydrogen) atoms. The van der Waals surface area contributed by atoms with Gasteiger partial charge in [0, 0.05) is 17.7 Å². The van der Waals surface area contributed by atoms with Gasteiger partial charge in [0.05, 0.1) is 18.2 Å². The largest absolute Gasteiger partial charge is 0.507 e. The lowest BCUT2D eigenvalue weighted by atomic mass is 9.94. The van der Waals surface area contributed by atoms with Crippen LogP contribution < -0.4 is 14.4 Å². The zero-order valence-electron chi connectivity index (χ0n) is 24.2. The maximum absolute atomic E-state index is 13.7. The minimum absolute atomic E-state index is 0.0101. The number of aliphatic hydroxyl groups excluding tert-OH is 1. The standard InChI is InChI=1S/C33H30FN3O5S2/c1-3-4-14-41-25-7-5-6-21(17-25)28-27(29(38)22-10-13-26-23(16-22)15-19(2)42-26)30(39)31(40)37(28)32-35-36-33(44-32)43-18-20-8-11-24(34)12-9-20/h5-13,16-17,19,28,38H,3-4,14-15,18H2,1-2H3/b29-27-. The molecule has 1 fully saturated rings. The lowest BCUT2D eigenvalue weighted by molar-refractivity contribution is -0.132. The van der Waals surface area contributed by atoms with Gasteiger partial charge in [-0.05, 0) is 72.5 Å². The van der Waals surface area contributed by atoms with Crippen LogP contribution in [0, 0.1) is 5.82 Å². The van der Waals surface area contributed by atoms with Gasteiger partial charge in [0.2, 0.25) is 5.13 Å². The summed E-state index contributed by atoms with van der Waals surface area (Å²) in [7, 11) is 0. The van der Waals surface area contributed by atoms with Crippen molar-refractivity contribution >= 4 is 45.7 Å². The van der Waals surface area contributed by atoms with Crippen molar-refractivity contribution < 1.29 is 28.6 Å². The number of unbranched alkanes of at least 4 members (excludes halogenated alkanes) is 1. The Balaban J connectivity index is 1.38. The Labute approximate surface area is 262 Å². The molecule has 2 aliphatic heterocycles. The van der Waals surface area contributed by atoms with E-state index < -0.39 is 17.7 Å². The highest BCUT2D eigenvalue weighted by atomic mass is 32.2. The Bertz CT molecular complexity index is 1740. The Morgan fingerprint density at radius 3 is 2.75 bits per heavy atom. The first-order valence-electron chi connectivity index (χ1n) is 14.4. The number of hydrogen-bond acceptors (Lipinski definition) is 9. The van der Waals surface area contributed by atoms with Crippen molar-refractivity contribution in [2.24, 2.45) is 0 Å². The number of ether oxygens (including phenoxy) is 2. The van der Waals surface area contributed by atoms with Crippen LogP contribution in [0.25, 0.3) is 5.76 Å². The predicted molar refractivity (Wildman–Crippen MR) is 168 cm³/mol. The van der Waals surface area contributed by atoms with E-state index in [0.29, 0.717) is 40.0 Å². The molecule has 2 unspecified atom stereocenters. The van der Waals surface area contributed by atoms with Gasteiger partial charge in [-0.2, -0.15) is 0 Å². The number of anilines is 1. The summed E-state index contributed by atoms with van der Waals surface area (Å²) in [5.74, 6) is -0.347. The molecule has 3 heterocycles. The molecule has 1 saturated heterocycles. The number of halogens is 1. The molecular weight excluding hydrogens is 602 g/mol. The van der Waals surface area contributed by atoms with Gasteiger partial charge in [-0.1, -0.05) is 60.7 Å². The summed E-state index contributed by atoms with van der Waals surface area (Å²) in [4.78, 5) is 28.6. The third kappa shape index (κ3) is 6.07. The quantitative estimate of drug-likeness (QED) is 0.0494. The molecule has 1 aromatic heterocycles. The lowest BCUT2D eigenvalue weighted by Gasteiger charge is -2.23. The van der Waals surface area contributed by atoms with Gasteiger partial charge >= 0.3 is 5.91 Å². The number of carbonyl (C=O) groups excluding carboxylic acids is 2. The number of amides is 1. The van der Waals surface area contributed by atoms with Crippen LogP contribution in [0.15, 0.2) is 76.6 Å². The van der Waals surface area contributed by atoms with Crippen LogP contribution in [0.4, 0.5) is 9.52 Å². The SMILES string of the molecule is CCCCOc1cccc(C2/C(=C(/O)c3ccc4c(c3)CC(C)O4)C(=O)C(=O)N2c2nnc(SCc3ccc(F)cc3)s2)c1. The Morgan fingerprint density at radius 1 is 1.14 bits per heavy atom. The van der Waals surface area contributed by atoms with Gasteiger partial charge in [0.15, 0.2) is 4.34 Å². The molecule has 11 heteroatoms. The van der Waals surface area contributed by atoms with E-state index in [1.807, 2.05) is 13.0 Å². The van der Waals surface area contributed by atoms with Crippen LogP contribution in [-0.2, 0) is 21.8 Å². The number of fused-ring (bicyclic) bond motifs is 1. The third-order valence-corrected chi connectivity index (χ3v) is 9.56. The third-order valence-electron chi connectivity index (χ3n) is 7.43. The van der Waals surface area contributed by atoms with Crippen molar-refractivity contribution in [3.63, 3.8) is 0 Å². The van der Waals surface area contributed by atoms with Crippen LogP contribution in [0.2, 0.25) is 0 Å². The minimum Gasteiger partial charge on any atom is -0.507 e. The van der Waals surface area contributed by atoms with Crippen LogP contribution in [0.3, 0.4) is 0 Å². The second-order valence-corrected chi connectivity index (χ2v) is 12.8. The van der Waals surface area contributed by atoms with Crippen molar-refractivity contribution in [1.82, 2.24) is 10.2 Å². The highest BCUT2D eigenvalue weighted by molar-refractivity contribution is 8.00. The number of aliphatic hydroxyl groups is 1. The Morgan fingerprint density at radius 2 is 1.95 bits per heavy atom. The highest BCUT2D eigenvalue weighted by Gasteiger charge is 2.48. The van der Waals surface area contributed by atoms with Crippen molar-refractivity contribution in [3.05, 3.63) is 100 Å². The fourth-order valence-electron chi connectivity index (χ4n) is 5.26. The summed E-state index contributed by atoms with van der Waals surface area (Å²) >= 11 is 2.56. The number of nitrogens with zero attached hydrogens (tertiary/aromatic N) is 3. The van der Waals surface area contributed by atoms with Gasteiger partial charge in [-0.25, -0.2) is 4.39 Å². The molecule has 2 atom stereocenters. The van der Waals surface area contributed by atoms with E-state index in [1.165, 1.54) is 40.1 Å². The fourth-order valence-corrected chi connectivity index (χ4v) is 7.09. The van der Waals surface area contributed by atoms with E-state index in [4.69, 9.17) is 9.47 Å². The van der Waals surface area contributed by atoms with Crippen LogP contribution in [0.1, 0.15) is 55.0 Å². The summed E-state index contributed by atoms with van der Waals surface area (Å²) in [6.45, 7) is 4.57. The topological polar surface area (TPSA) is 102 Å². The first-order chi connectivity index (χ1) is 21.3. The number of carbonyl (C=O) groups is 2. The summed E-state index contributed by atoms with van der Waals surface area (Å²) in [6.07, 6.45) is 2.54. The fraction of sp³-hybridized carbons (Fsp3) is 0.273. The van der Waals surface area contributed by atoms with Gasteiger partial charge < -0.3 is 14.6 Å². The molecule has 226 valence electrons.